The Hall–Kier alpha value is -2.09. The Morgan fingerprint density at radius 2 is 1.83 bits per heavy atom. The zero-order chi connectivity index (χ0) is 27.0. The fourth-order valence-electron chi connectivity index (χ4n) is 4.44. The van der Waals surface area contributed by atoms with E-state index in [0.29, 0.717) is 6.42 Å². The fraction of sp³-hybridized carbons (Fsp3) is 0.480. The lowest BCUT2D eigenvalue weighted by Gasteiger charge is -2.34. The van der Waals surface area contributed by atoms with Crippen LogP contribution in [-0.4, -0.2) is 42.4 Å². The summed E-state index contributed by atoms with van der Waals surface area (Å²) in [6.45, 7) is 11.6. The van der Waals surface area contributed by atoms with Gasteiger partial charge in [0.15, 0.2) is 11.0 Å². The summed E-state index contributed by atoms with van der Waals surface area (Å²) in [6.07, 6.45) is -0.522. The molecule has 0 spiro atoms. The maximum Gasteiger partial charge on any atom is 0.340 e. The van der Waals surface area contributed by atoms with E-state index in [2.05, 4.69) is 22.6 Å². The molecule has 36 heavy (non-hydrogen) atoms. The molecule has 1 atom stereocenters. The van der Waals surface area contributed by atoms with Crippen LogP contribution in [0.25, 0.3) is 0 Å². The largest absolute Gasteiger partial charge is 0.464 e. The Morgan fingerprint density at radius 3 is 2.42 bits per heavy atom. The van der Waals surface area contributed by atoms with Crippen LogP contribution in [0.5, 0.6) is 0 Å². The Labute approximate surface area is 225 Å². The van der Waals surface area contributed by atoms with E-state index in [4.69, 9.17) is 9.47 Å². The molecule has 0 N–H and O–H groups in total. The Balaban J connectivity index is 2.09. The number of esters is 1. The maximum atomic E-state index is 13.4. The molecule has 0 radical (unpaired) electrons. The molecule has 0 saturated carbocycles. The normalized spacial score (nSPS) is 15.3. The van der Waals surface area contributed by atoms with Crippen LogP contribution >= 0.6 is 22.6 Å². The molecule has 0 saturated heterocycles. The summed E-state index contributed by atoms with van der Waals surface area (Å²) < 4.78 is 40.5. The summed E-state index contributed by atoms with van der Waals surface area (Å²) in [7, 11) is -4.10. The van der Waals surface area contributed by atoms with Gasteiger partial charge in [-0.2, -0.15) is 4.31 Å². The van der Waals surface area contributed by atoms with E-state index in [1.54, 1.807) is 6.92 Å². The fourth-order valence-corrected chi connectivity index (χ4v) is 7.02. The second-order valence-corrected chi connectivity index (χ2v) is 12.6. The van der Waals surface area contributed by atoms with Crippen LogP contribution in [0.3, 0.4) is 0 Å². The highest BCUT2D eigenvalue weighted by molar-refractivity contribution is 14.1. The number of benzene rings is 2. The van der Waals surface area contributed by atoms with Crippen molar-refractivity contribution in [2.24, 2.45) is 0 Å². The van der Waals surface area contributed by atoms with Crippen molar-refractivity contribution in [2.75, 3.05) is 13.2 Å². The van der Waals surface area contributed by atoms with Gasteiger partial charge in [-0.05, 0) is 98.9 Å². The van der Waals surface area contributed by atoms with E-state index in [9.17, 15) is 23.3 Å². The van der Waals surface area contributed by atoms with Gasteiger partial charge in [0.05, 0.1) is 17.1 Å². The summed E-state index contributed by atoms with van der Waals surface area (Å²) in [4.78, 5) is 23.4. The van der Waals surface area contributed by atoms with E-state index in [-0.39, 0.29) is 24.6 Å². The number of halogens is 1. The van der Waals surface area contributed by atoms with Crippen LogP contribution in [0.15, 0.2) is 29.2 Å². The molecule has 0 unspecified atom stereocenters. The van der Waals surface area contributed by atoms with Crippen molar-refractivity contribution in [3.05, 3.63) is 65.8 Å². The first kappa shape index (κ1) is 28.5. The molecule has 0 bridgehead atoms. The predicted octanol–water partition coefficient (Wildman–Crippen LogP) is 4.98. The Morgan fingerprint density at radius 1 is 1.19 bits per heavy atom. The topological polar surface area (TPSA) is 116 Å². The Bertz CT molecular complexity index is 1300. The first-order valence-corrected chi connectivity index (χ1v) is 14.1. The van der Waals surface area contributed by atoms with Gasteiger partial charge in [-0.3, -0.25) is 10.1 Å². The van der Waals surface area contributed by atoms with Gasteiger partial charge in [-0.25, -0.2) is 13.2 Å². The summed E-state index contributed by atoms with van der Waals surface area (Å²) >= 11 is 2.17. The lowest BCUT2D eigenvalue weighted by Crippen LogP contribution is -2.38. The minimum absolute atomic E-state index is 0.0802. The molecule has 0 aliphatic carbocycles. The molecule has 196 valence electrons. The van der Waals surface area contributed by atoms with Gasteiger partial charge in [0.1, 0.15) is 0 Å². The highest BCUT2D eigenvalue weighted by atomic mass is 127. The van der Waals surface area contributed by atoms with Crippen molar-refractivity contribution in [3.63, 3.8) is 0 Å². The zero-order valence-corrected chi connectivity index (χ0v) is 24.2. The van der Waals surface area contributed by atoms with Gasteiger partial charge < -0.3 is 9.47 Å². The number of para-hydroxylation sites is 1. The highest BCUT2D eigenvalue weighted by Gasteiger charge is 2.38. The SMILES string of the molecule is CCOC(=O)[C@@H](OC(C)(C)C)c1c(C)c2c(c(C)c1I)CN(S(=O)(=O)c1ccccc1[N+](=O)[O-])CC2. The third kappa shape index (κ3) is 5.58. The van der Waals surface area contributed by atoms with Crippen molar-refractivity contribution in [1.29, 1.82) is 0 Å². The second kappa shape index (κ2) is 10.7. The molecule has 0 aromatic heterocycles. The number of sulfonamides is 1. The molecule has 2 aromatic carbocycles. The molecule has 1 heterocycles. The first-order valence-electron chi connectivity index (χ1n) is 11.6. The molecular weight excluding hydrogens is 599 g/mol. The summed E-state index contributed by atoms with van der Waals surface area (Å²) in [5, 5.41) is 11.5. The van der Waals surface area contributed by atoms with Gasteiger partial charge in [0.2, 0.25) is 10.0 Å². The quantitative estimate of drug-likeness (QED) is 0.183. The van der Waals surface area contributed by atoms with Gasteiger partial charge in [-0.1, -0.05) is 12.1 Å². The van der Waals surface area contributed by atoms with Crippen LogP contribution in [-0.2, 0) is 37.3 Å². The van der Waals surface area contributed by atoms with Gasteiger partial charge in [-0.15, -0.1) is 0 Å². The minimum Gasteiger partial charge on any atom is -0.464 e. The third-order valence-corrected chi connectivity index (χ3v) is 9.38. The van der Waals surface area contributed by atoms with Crippen LogP contribution in [0.2, 0.25) is 0 Å². The lowest BCUT2D eigenvalue weighted by molar-refractivity contribution is -0.387. The second-order valence-electron chi connectivity index (χ2n) is 9.61. The van der Waals surface area contributed by atoms with E-state index in [0.717, 1.165) is 31.4 Å². The van der Waals surface area contributed by atoms with Crippen molar-refractivity contribution >= 4 is 44.3 Å². The van der Waals surface area contributed by atoms with Crippen molar-refractivity contribution in [3.8, 4) is 0 Å². The zero-order valence-electron chi connectivity index (χ0n) is 21.3. The molecule has 1 aliphatic heterocycles. The average molecular weight is 631 g/mol. The van der Waals surface area contributed by atoms with Crippen LogP contribution < -0.4 is 0 Å². The number of nitrogens with zero attached hydrogens (tertiary/aromatic N) is 2. The number of ether oxygens (including phenoxy) is 2. The standard InChI is InChI=1S/C25H31IN2O7S/c1-7-34-24(29)23(35-25(4,5)6)21-15(2)17-12-13-27(14-18(17)16(3)22(21)26)36(32,33)20-11-9-8-10-19(20)28(30)31/h8-11,23H,7,12-14H2,1-6H3/t23-/m0/s1. The van der Waals surface area contributed by atoms with Crippen molar-refractivity contribution in [2.45, 2.75) is 71.1 Å². The number of carbonyl (C=O) groups excluding carboxylic acids is 1. The molecule has 2 aromatic rings. The number of hydrogen-bond acceptors (Lipinski definition) is 7. The number of carbonyl (C=O) groups is 1. The number of hydrogen-bond donors (Lipinski definition) is 0. The molecule has 0 fully saturated rings. The van der Waals surface area contributed by atoms with Crippen LogP contribution in [0.1, 0.15) is 61.6 Å². The molecule has 1 aliphatic rings. The van der Waals surface area contributed by atoms with E-state index >= 15 is 0 Å². The number of nitro groups is 1. The molecule has 0 amide bonds. The van der Waals surface area contributed by atoms with E-state index < -0.39 is 38.3 Å². The molecule has 3 rings (SSSR count). The van der Waals surface area contributed by atoms with Crippen molar-refractivity contribution in [1.82, 2.24) is 4.31 Å². The van der Waals surface area contributed by atoms with Gasteiger partial charge in [0, 0.05) is 28.3 Å². The smallest absolute Gasteiger partial charge is 0.340 e. The van der Waals surface area contributed by atoms with Crippen LogP contribution in [0.4, 0.5) is 5.69 Å². The summed E-state index contributed by atoms with van der Waals surface area (Å²) in [6, 6.07) is 5.38. The van der Waals surface area contributed by atoms with Gasteiger partial charge >= 0.3 is 5.97 Å². The van der Waals surface area contributed by atoms with E-state index in [1.165, 1.54) is 28.6 Å². The monoisotopic (exact) mass is 630 g/mol. The van der Waals surface area contributed by atoms with Crippen molar-refractivity contribution < 1.29 is 27.6 Å². The average Bonchev–Trinajstić information content (AvgIpc) is 2.81. The van der Waals surface area contributed by atoms with Gasteiger partial charge in [0.25, 0.3) is 5.69 Å². The number of nitro benzene ring substituents is 1. The third-order valence-electron chi connectivity index (χ3n) is 6.10. The minimum atomic E-state index is -4.10. The van der Waals surface area contributed by atoms with E-state index in [1.807, 2.05) is 34.6 Å². The molecule has 11 heteroatoms. The first-order chi connectivity index (χ1) is 16.7. The summed E-state index contributed by atoms with van der Waals surface area (Å²) in [5.41, 5.74) is 3.20. The highest BCUT2D eigenvalue weighted by Crippen LogP contribution is 2.40. The lowest BCUT2D eigenvalue weighted by atomic mass is 9.87. The van der Waals surface area contributed by atoms with Crippen LogP contribution in [0, 0.1) is 27.5 Å². The predicted molar refractivity (Wildman–Crippen MR) is 143 cm³/mol. The number of fused-ring (bicyclic) bond motifs is 1. The Kier molecular flexibility index (Phi) is 8.48. The summed E-state index contributed by atoms with van der Waals surface area (Å²) in [5.74, 6) is -0.468. The molecular formula is C25H31IN2O7S. The number of rotatable bonds is 7. The molecule has 9 nitrogen and oxygen atoms in total. The maximum absolute atomic E-state index is 13.4.